The van der Waals surface area contributed by atoms with Gasteiger partial charge in [-0.05, 0) is 12.8 Å². The number of aliphatic carboxylic acids is 1. The summed E-state index contributed by atoms with van der Waals surface area (Å²) in [5.41, 5.74) is 0. The van der Waals surface area contributed by atoms with Gasteiger partial charge in [0.1, 0.15) is 0 Å². The fraction of sp³-hybridized carbons (Fsp3) is 0.857. The van der Waals surface area contributed by atoms with Gasteiger partial charge in [-0.3, -0.25) is 9.59 Å². The Bertz CT molecular complexity index is 241. The number of carbonyl (C=O) groups excluding carboxylic acids is 1. The predicted molar refractivity (Wildman–Crippen MR) is 72.5 cm³/mol. The van der Waals surface area contributed by atoms with E-state index >= 15 is 0 Å². The monoisotopic (exact) mass is 257 g/mol. The Morgan fingerprint density at radius 3 is 2.28 bits per heavy atom. The van der Waals surface area contributed by atoms with Crippen LogP contribution in [0.3, 0.4) is 0 Å². The first-order valence-corrected chi connectivity index (χ1v) is 7.11. The maximum Gasteiger partial charge on any atom is 0.305 e. The molecule has 0 saturated heterocycles. The first-order valence-electron chi connectivity index (χ1n) is 7.11. The highest BCUT2D eigenvalue weighted by molar-refractivity contribution is 5.77. The molecule has 1 amide bonds. The lowest BCUT2D eigenvalue weighted by Gasteiger charge is -2.15. The van der Waals surface area contributed by atoms with Crippen LogP contribution in [0.15, 0.2) is 0 Å². The third kappa shape index (κ3) is 10.1. The highest BCUT2D eigenvalue weighted by Crippen LogP contribution is 2.06. The van der Waals surface area contributed by atoms with Crippen molar-refractivity contribution in [1.82, 2.24) is 5.32 Å². The van der Waals surface area contributed by atoms with Gasteiger partial charge in [-0.2, -0.15) is 0 Å². The molecule has 0 heterocycles. The van der Waals surface area contributed by atoms with E-state index in [1.54, 1.807) is 0 Å². The number of unbranched alkanes of at least 4 members (excludes halogenated alkanes) is 4. The second kappa shape index (κ2) is 11.1. The maximum atomic E-state index is 11.6. The molecule has 0 aromatic carbocycles. The Morgan fingerprint density at radius 2 is 1.72 bits per heavy atom. The number of hydrogen-bond acceptors (Lipinski definition) is 2. The molecule has 0 saturated carbocycles. The molecule has 1 unspecified atom stereocenters. The summed E-state index contributed by atoms with van der Waals surface area (Å²) >= 11 is 0. The van der Waals surface area contributed by atoms with Crippen molar-refractivity contribution in [2.45, 2.75) is 77.7 Å². The second-order valence-corrected chi connectivity index (χ2v) is 4.82. The molecule has 18 heavy (non-hydrogen) atoms. The third-order valence-corrected chi connectivity index (χ3v) is 2.93. The molecule has 106 valence electrons. The minimum Gasteiger partial charge on any atom is -0.481 e. The topological polar surface area (TPSA) is 66.4 Å². The standard InChI is InChI=1S/C14H27NO3/c1-3-5-6-7-8-10-13(16)15-12(9-4-2)11-14(17)18/h12H,3-11H2,1-2H3,(H,15,16)(H,17,18). The Kier molecular flexibility index (Phi) is 10.4. The summed E-state index contributed by atoms with van der Waals surface area (Å²) in [6.07, 6.45) is 7.73. The molecule has 0 aliphatic carbocycles. The molecule has 4 heteroatoms. The molecule has 0 spiro atoms. The van der Waals surface area contributed by atoms with Crippen LogP contribution in [-0.2, 0) is 9.59 Å². The zero-order chi connectivity index (χ0) is 13.8. The maximum absolute atomic E-state index is 11.6. The Morgan fingerprint density at radius 1 is 1.06 bits per heavy atom. The van der Waals surface area contributed by atoms with E-state index in [2.05, 4.69) is 12.2 Å². The van der Waals surface area contributed by atoms with Crippen molar-refractivity contribution in [3.05, 3.63) is 0 Å². The van der Waals surface area contributed by atoms with E-state index in [1.807, 2.05) is 6.92 Å². The largest absolute Gasteiger partial charge is 0.481 e. The van der Waals surface area contributed by atoms with Crippen molar-refractivity contribution >= 4 is 11.9 Å². The minimum absolute atomic E-state index is 0.00815. The molecular formula is C14H27NO3. The van der Waals surface area contributed by atoms with Gasteiger partial charge in [-0.25, -0.2) is 0 Å². The van der Waals surface area contributed by atoms with Gasteiger partial charge in [-0.15, -0.1) is 0 Å². The van der Waals surface area contributed by atoms with E-state index in [-0.39, 0.29) is 18.4 Å². The molecule has 0 aromatic rings. The fourth-order valence-corrected chi connectivity index (χ4v) is 1.97. The van der Waals surface area contributed by atoms with Crippen LogP contribution in [-0.4, -0.2) is 23.0 Å². The fourth-order valence-electron chi connectivity index (χ4n) is 1.97. The van der Waals surface area contributed by atoms with Crippen molar-refractivity contribution in [2.75, 3.05) is 0 Å². The average Bonchev–Trinajstić information content (AvgIpc) is 2.28. The zero-order valence-electron chi connectivity index (χ0n) is 11.7. The summed E-state index contributed by atoms with van der Waals surface area (Å²) in [5.74, 6) is -0.858. The average molecular weight is 257 g/mol. The van der Waals surface area contributed by atoms with Gasteiger partial charge < -0.3 is 10.4 Å². The molecule has 0 aromatic heterocycles. The lowest BCUT2D eigenvalue weighted by Crippen LogP contribution is -2.36. The van der Waals surface area contributed by atoms with Crippen LogP contribution in [0, 0.1) is 0 Å². The molecule has 0 bridgehead atoms. The summed E-state index contributed by atoms with van der Waals surface area (Å²) in [7, 11) is 0. The quantitative estimate of drug-likeness (QED) is 0.559. The molecule has 0 rings (SSSR count). The smallest absolute Gasteiger partial charge is 0.305 e. The Hall–Kier alpha value is -1.06. The first-order chi connectivity index (χ1) is 8.60. The van der Waals surface area contributed by atoms with Crippen LogP contribution in [0.25, 0.3) is 0 Å². The molecule has 0 aliphatic rings. The van der Waals surface area contributed by atoms with E-state index < -0.39 is 5.97 Å². The van der Waals surface area contributed by atoms with Crippen LogP contribution in [0.5, 0.6) is 0 Å². The number of carboxylic acids is 1. The molecular weight excluding hydrogens is 230 g/mol. The van der Waals surface area contributed by atoms with Crippen molar-refractivity contribution in [3.8, 4) is 0 Å². The summed E-state index contributed by atoms with van der Waals surface area (Å²) in [6.45, 7) is 4.15. The highest BCUT2D eigenvalue weighted by Gasteiger charge is 2.14. The number of amides is 1. The van der Waals surface area contributed by atoms with Gasteiger partial charge in [0.05, 0.1) is 6.42 Å². The molecule has 2 N–H and O–H groups in total. The normalized spacial score (nSPS) is 12.1. The van der Waals surface area contributed by atoms with E-state index in [0.717, 1.165) is 25.7 Å². The van der Waals surface area contributed by atoms with Crippen molar-refractivity contribution in [2.24, 2.45) is 0 Å². The second-order valence-electron chi connectivity index (χ2n) is 4.82. The number of hydrogen-bond donors (Lipinski definition) is 2. The van der Waals surface area contributed by atoms with Gasteiger partial charge in [-0.1, -0.05) is 46.0 Å². The van der Waals surface area contributed by atoms with Crippen LogP contribution < -0.4 is 5.32 Å². The molecule has 1 atom stereocenters. The molecule has 4 nitrogen and oxygen atoms in total. The molecule has 0 radical (unpaired) electrons. The van der Waals surface area contributed by atoms with Gasteiger partial charge in [0.25, 0.3) is 0 Å². The van der Waals surface area contributed by atoms with Gasteiger partial charge in [0.2, 0.25) is 5.91 Å². The van der Waals surface area contributed by atoms with Gasteiger partial charge in [0, 0.05) is 12.5 Å². The molecule has 0 aliphatic heterocycles. The summed E-state index contributed by atoms with van der Waals surface area (Å²) in [6, 6.07) is -0.212. The lowest BCUT2D eigenvalue weighted by atomic mass is 10.1. The molecule has 0 fully saturated rings. The van der Waals surface area contributed by atoms with E-state index in [9.17, 15) is 9.59 Å². The number of carboxylic acid groups (broad SMARTS) is 1. The Labute approximate surface area is 110 Å². The van der Waals surface area contributed by atoms with E-state index in [0.29, 0.717) is 6.42 Å². The SMILES string of the molecule is CCCCCCCC(=O)NC(CCC)CC(=O)O. The van der Waals surface area contributed by atoms with Crippen LogP contribution in [0.1, 0.15) is 71.6 Å². The van der Waals surface area contributed by atoms with Gasteiger partial charge >= 0.3 is 5.97 Å². The number of nitrogens with one attached hydrogen (secondary N) is 1. The van der Waals surface area contributed by atoms with Gasteiger partial charge in [0.15, 0.2) is 0 Å². The summed E-state index contributed by atoms with van der Waals surface area (Å²) in [4.78, 5) is 22.3. The van der Waals surface area contributed by atoms with E-state index in [4.69, 9.17) is 5.11 Å². The number of rotatable bonds is 11. The van der Waals surface area contributed by atoms with Crippen molar-refractivity contribution in [1.29, 1.82) is 0 Å². The van der Waals surface area contributed by atoms with Crippen molar-refractivity contribution in [3.63, 3.8) is 0 Å². The lowest BCUT2D eigenvalue weighted by molar-refractivity contribution is -0.137. The zero-order valence-corrected chi connectivity index (χ0v) is 11.7. The highest BCUT2D eigenvalue weighted by atomic mass is 16.4. The number of carbonyl (C=O) groups is 2. The van der Waals surface area contributed by atoms with Crippen LogP contribution in [0.2, 0.25) is 0 Å². The van der Waals surface area contributed by atoms with E-state index in [1.165, 1.54) is 19.3 Å². The Balaban J connectivity index is 3.76. The summed E-state index contributed by atoms with van der Waals surface area (Å²) < 4.78 is 0. The minimum atomic E-state index is -0.850. The predicted octanol–water partition coefficient (Wildman–Crippen LogP) is 3.11. The van der Waals surface area contributed by atoms with Crippen molar-refractivity contribution < 1.29 is 14.7 Å². The van der Waals surface area contributed by atoms with Crippen LogP contribution >= 0.6 is 0 Å². The van der Waals surface area contributed by atoms with Crippen LogP contribution in [0.4, 0.5) is 0 Å². The first kappa shape index (κ1) is 16.9. The third-order valence-electron chi connectivity index (χ3n) is 2.93. The summed E-state index contributed by atoms with van der Waals surface area (Å²) in [5, 5.41) is 11.6.